The number of aryl methyl sites for hydroxylation is 1. The van der Waals surface area contributed by atoms with Crippen molar-refractivity contribution in [2.24, 2.45) is 7.05 Å². The van der Waals surface area contributed by atoms with Gasteiger partial charge in [-0.1, -0.05) is 0 Å². The SMILES string of the molecule is CC1CNCCN1C(=O)C=Cc1ccnn1C. The lowest BCUT2D eigenvalue weighted by molar-refractivity contribution is -0.128. The van der Waals surface area contributed by atoms with E-state index >= 15 is 0 Å². The summed E-state index contributed by atoms with van der Waals surface area (Å²) in [5.41, 5.74) is 0.932. The number of piperazine rings is 1. The molecular formula is C12H18N4O. The smallest absolute Gasteiger partial charge is 0.246 e. The highest BCUT2D eigenvalue weighted by Crippen LogP contribution is 2.05. The lowest BCUT2D eigenvalue weighted by Crippen LogP contribution is -2.51. The third-order valence-electron chi connectivity index (χ3n) is 3.04. The lowest BCUT2D eigenvalue weighted by Gasteiger charge is -2.33. The minimum absolute atomic E-state index is 0.0696. The number of hydrogen-bond acceptors (Lipinski definition) is 3. The summed E-state index contributed by atoms with van der Waals surface area (Å²) in [6.07, 6.45) is 5.15. The Morgan fingerprint density at radius 1 is 1.65 bits per heavy atom. The van der Waals surface area contributed by atoms with Crippen LogP contribution < -0.4 is 5.32 Å². The molecule has 17 heavy (non-hydrogen) atoms. The largest absolute Gasteiger partial charge is 0.334 e. The molecular weight excluding hydrogens is 216 g/mol. The number of nitrogens with one attached hydrogen (secondary N) is 1. The molecule has 1 aliphatic rings. The molecule has 1 atom stereocenters. The molecule has 1 unspecified atom stereocenters. The number of carbonyl (C=O) groups is 1. The van der Waals surface area contributed by atoms with Crippen LogP contribution in [0.5, 0.6) is 0 Å². The van der Waals surface area contributed by atoms with Gasteiger partial charge in [0.2, 0.25) is 5.91 Å². The quantitative estimate of drug-likeness (QED) is 0.746. The molecule has 0 aromatic carbocycles. The Kier molecular flexibility index (Phi) is 3.58. The Morgan fingerprint density at radius 3 is 3.12 bits per heavy atom. The molecule has 1 saturated heterocycles. The molecule has 2 heterocycles. The molecule has 0 aliphatic carbocycles. The van der Waals surface area contributed by atoms with Crippen molar-refractivity contribution in [3.05, 3.63) is 24.0 Å². The van der Waals surface area contributed by atoms with E-state index in [1.165, 1.54) is 0 Å². The van der Waals surface area contributed by atoms with Gasteiger partial charge in [0.05, 0.1) is 5.69 Å². The first-order chi connectivity index (χ1) is 8.18. The number of carbonyl (C=O) groups excluding carboxylic acids is 1. The zero-order chi connectivity index (χ0) is 12.3. The van der Waals surface area contributed by atoms with Gasteiger partial charge in [0, 0.05) is 45.0 Å². The molecule has 1 aromatic rings. The standard InChI is InChI=1S/C12H18N4O/c1-10-9-13-7-8-16(10)12(17)4-3-11-5-6-14-15(11)2/h3-6,10,13H,7-9H2,1-2H3. The first kappa shape index (κ1) is 11.9. The zero-order valence-electron chi connectivity index (χ0n) is 10.3. The zero-order valence-corrected chi connectivity index (χ0v) is 10.3. The average molecular weight is 234 g/mol. The van der Waals surface area contributed by atoms with Crippen LogP contribution in [0.3, 0.4) is 0 Å². The van der Waals surface area contributed by atoms with Crippen LogP contribution in [0.15, 0.2) is 18.3 Å². The van der Waals surface area contributed by atoms with Gasteiger partial charge in [-0.05, 0) is 19.1 Å². The summed E-state index contributed by atoms with van der Waals surface area (Å²) in [6.45, 7) is 4.57. The number of aromatic nitrogens is 2. The molecule has 0 saturated carbocycles. The predicted octanol–water partition coefficient (Wildman–Crippen LogP) is 0.254. The maximum Gasteiger partial charge on any atom is 0.246 e. The Morgan fingerprint density at radius 2 is 2.47 bits per heavy atom. The molecule has 1 fully saturated rings. The second-order valence-corrected chi connectivity index (χ2v) is 4.30. The second kappa shape index (κ2) is 5.14. The molecule has 0 bridgehead atoms. The maximum absolute atomic E-state index is 12.0. The predicted molar refractivity (Wildman–Crippen MR) is 66.3 cm³/mol. The minimum Gasteiger partial charge on any atom is -0.334 e. The summed E-state index contributed by atoms with van der Waals surface area (Å²) in [7, 11) is 1.86. The van der Waals surface area contributed by atoms with Gasteiger partial charge in [-0.3, -0.25) is 9.48 Å². The van der Waals surface area contributed by atoms with Crippen LogP contribution in [0.4, 0.5) is 0 Å². The highest BCUT2D eigenvalue weighted by molar-refractivity contribution is 5.91. The molecule has 5 nitrogen and oxygen atoms in total. The minimum atomic E-state index is 0.0696. The highest BCUT2D eigenvalue weighted by Gasteiger charge is 2.20. The van der Waals surface area contributed by atoms with Crippen molar-refractivity contribution in [2.75, 3.05) is 19.6 Å². The van der Waals surface area contributed by atoms with E-state index in [4.69, 9.17) is 0 Å². The molecule has 1 aromatic heterocycles. The number of hydrogen-bond donors (Lipinski definition) is 1. The van der Waals surface area contributed by atoms with Gasteiger partial charge in [-0.25, -0.2) is 0 Å². The Hall–Kier alpha value is -1.62. The molecule has 1 aliphatic heterocycles. The monoisotopic (exact) mass is 234 g/mol. The van der Waals surface area contributed by atoms with Gasteiger partial charge in [-0.15, -0.1) is 0 Å². The number of rotatable bonds is 2. The summed E-state index contributed by atoms with van der Waals surface area (Å²) in [4.78, 5) is 13.9. The lowest BCUT2D eigenvalue weighted by atomic mass is 10.2. The van der Waals surface area contributed by atoms with E-state index in [0.29, 0.717) is 0 Å². The molecule has 2 rings (SSSR count). The fraction of sp³-hybridized carbons (Fsp3) is 0.500. The molecule has 5 heteroatoms. The Labute approximate surface area is 101 Å². The number of amides is 1. The highest BCUT2D eigenvalue weighted by atomic mass is 16.2. The first-order valence-corrected chi connectivity index (χ1v) is 5.86. The van der Waals surface area contributed by atoms with Crippen molar-refractivity contribution in [3.8, 4) is 0 Å². The Bertz CT molecular complexity index is 424. The van der Waals surface area contributed by atoms with Gasteiger partial charge in [-0.2, -0.15) is 5.10 Å². The summed E-state index contributed by atoms with van der Waals surface area (Å²) in [5.74, 6) is 0.0696. The van der Waals surface area contributed by atoms with Crippen molar-refractivity contribution < 1.29 is 4.79 Å². The summed E-state index contributed by atoms with van der Waals surface area (Å²) >= 11 is 0. The van der Waals surface area contributed by atoms with E-state index in [1.807, 2.05) is 24.1 Å². The van der Waals surface area contributed by atoms with Crippen LogP contribution in [-0.2, 0) is 11.8 Å². The van der Waals surface area contributed by atoms with Gasteiger partial charge in [0.15, 0.2) is 0 Å². The van der Waals surface area contributed by atoms with Crippen molar-refractivity contribution >= 4 is 12.0 Å². The molecule has 0 spiro atoms. The van der Waals surface area contributed by atoms with Gasteiger partial charge in [0.1, 0.15) is 0 Å². The van der Waals surface area contributed by atoms with E-state index in [0.717, 1.165) is 25.3 Å². The van der Waals surface area contributed by atoms with Crippen LogP contribution in [0.2, 0.25) is 0 Å². The third-order valence-corrected chi connectivity index (χ3v) is 3.04. The molecule has 1 amide bonds. The topological polar surface area (TPSA) is 50.2 Å². The van der Waals surface area contributed by atoms with Crippen LogP contribution in [0, 0.1) is 0 Å². The fourth-order valence-electron chi connectivity index (χ4n) is 1.97. The van der Waals surface area contributed by atoms with Gasteiger partial charge >= 0.3 is 0 Å². The van der Waals surface area contributed by atoms with Crippen LogP contribution in [0.1, 0.15) is 12.6 Å². The summed E-state index contributed by atoms with van der Waals surface area (Å²) in [6, 6.07) is 2.14. The average Bonchev–Trinajstić information content (AvgIpc) is 2.72. The maximum atomic E-state index is 12.0. The second-order valence-electron chi connectivity index (χ2n) is 4.30. The molecule has 0 radical (unpaired) electrons. The number of nitrogens with zero attached hydrogens (tertiary/aromatic N) is 3. The fourth-order valence-corrected chi connectivity index (χ4v) is 1.97. The molecule has 1 N–H and O–H groups in total. The third kappa shape index (κ3) is 2.74. The Balaban J connectivity index is 2.01. The van der Waals surface area contributed by atoms with Crippen molar-refractivity contribution in [1.29, 1.82) is 0 Å². The van der Waals surface area contributed by atoms with Crippen LogP contribution in [0.25, 0.3) is 6.08 Å². The van der Waals surface area contributed by atoms with Crippen LogP contribution in [-0.4, -0.2) is 46.3 Å². The van der Waals surface area contributed by atoms with Gasteiger partial charge < -0.3 is 10.2 Å². The van der Waals surface area contributed by atoms with E-state index in [1.54, 1.807) is 17.0 Å². The van der Waals surface area contributed by atoms with E-state index in [9.17, 15) is 4.79 Å². The van der Waals surface area contributed by atoms with E-state index in [-0.39, 0.29) is 11.9 Å². The molecule has 92 valence electrons. The first-order valence-electron chi connectivity index (χ1n) is 5.86. The van der Waals surface area contributed by atoms with Crippen molar-refractivity contribution in [3.63, 3.8) is 0 Å². The van der Waals surface area contributed by atoms with E-state index in [2.05, 4.69) is 17.3 Å². The van der Waals surface area contributed by atoms with Crippen LogP contribution >= 0.6 is 0 Å². The van der Waals surface area contributed by atoms with Gasteiger partial charge in [0.25, 0.3) is 0 Å². The van der Waals surface area contributed by atoms with E-state index < -0.39 is 0 Å². The normalized spacial score (nSPS) is 21.1. The van der Waals surface area contributed by atoms with Crippen molar-refractivity contribution in [1.82, 2.24) is 20.0 Å². The summed E-state index contributed by atoms with van der Waals surface area (Å²) < 4.78 is 1.74. The van der Waals surface area contributed by atoms with Crippen molar-refractivity contribution in [2.45, 2.75) is 13.0 Å². The summed E-state index contributed by atoms with van der Waals surface area (Å²) in [5, 5.41) is 7.32.